The van der Waals surface area contributed by atoms with Crippen molar-refractivity contribution in [1.29, 1.82) is 0 Å². The molecule has 2 nitrogen and oxygen atoms in total. The molecule has 0 spiro atoms. The Balaban J connectivity index is 1.97. The van der Waals surface area contributed by atoms with E-state index in [0.717, 1.165) is 6.07 Å². The summed E-state index contributed by atoms with van der Waals surface area (Å²) in [5, 5.41) is 0. The molecule has 0 aromatic heterocycles. The van der Waals surface area contributed by atoms with Crippen LogP contribution in [0.2, 0.25) is 0 Å². The molecule has 3 rings (SSSR count). The SMILES string of the molecule is NC1CC(c2ccc(F)cc2F)Oc2ccc(F)cc21. The number of nitrogens with two attached hydrogens (primary N) is 1. The lowest BCUT2D eigenvalue weighted by Crippen LogP contribution is -2.25. The molecule has 2 N–H and O–H groups in total. The van der Waals surface area contributed by atoms with Crippen LogP contribution in [0.5, 0.6) is 5.75 Å². The molecule has 0 saturated carbocycles. The van der Waals surface area contributed by atoms with Gasteiger partial charge in [-0.25, -0.2) is 13.2 Å². The molecular weight excluding hydrogens is 267 g/mol. The predicted molar refractivity (Wildman–Crippen MR) is 67.7 cm³/mol. The van der Waals surface area contributed by atoms with E-state index in [2.05, 4.69) is 0 Å². The van der Waals surface area contributed by atoms with Crippen molar-refractivity contribution in [3.63, 3.8) is 0 Å². The van der Waals surface area contributed by atoms with E-state index in [0.29, 0.717) is 17.7 Å². The zero-order valence-corrected chi connectivity index (χ0v) is 10.4. The molecule has 1 aliphatic rings. The van der Waals surface area contributed by atoms with Gasteiger partial charge in [0.1, 0.15) is 29.3 Å². The molecule has 0 radical (unpaired) electrons. The van der Waals surface area contributed by atoms with E-state index in [9.17, 15) is 13.2 Å². The van der Waals surface area contributed by atoms with Gasteiger partial charge >= 0.3 is 0 Å². The van der Waals surface area contributed by atoms with E-state index in [-0.39, 0.29) is 5.56 Å². The van der Waals surface area contributed by atoms with Crippen LogP contribution in [0.3, 0.4) is 0 Å². The summed E-state index contributed by atoms with van der Waals surface area (Å²) >= 11 is 0. The van der Waals surface area contributed by atoms with Gasteiger partial charge in [-0.3, -0.25) is 0 Å². The van der Waals surface area contributed by atoms with Gasteiger partial charge in [0.2, 0.25) is 0 Å². The van der Waals surface area contributed by atoms with Gasteiger partial charge in [-0.15, -0.1) is 0 Å². The lowest BCUT2D eigenvalue weighted by Gasteiger charge is -2.30. The zero-order valence-electron chi connectivity index (χ0n) is 10.4. The Labute approximate surface area is 114 Å². The Morgan fingerprint density at radius 1 is 0.950 bits per heavy atom. The number of ether oxygens (including phenoxy) is 1. The topological polar surface area (TPSA) is 35.2 Å². The fourth-order valence-corrected chi connectivity index (χ4v) is 2.43. The molecule has 2 unspecified atom stereocenters. The van der Waals surface area contributed by atoms with E-state index in [1.807, 2.05) is 0 Å². The van der Waals surface area contributed by atoms with Gasteiger partial charge in [-0.05, 0) is 30.3 Å². The smallest absolute Gasteiger partial charge is 0.133 e. The monoisotopic (exact) mass is 279 g/mol. The first-order valence-electron chi connectivity index (χ1n) is 6.21. The number of hydrogen-bond donors (Lipinski definition) is 1. The zero-order chi connectivity index (χ0) is 14.3. The molecule has 0 amide bonds. The highest BCUT2D eigenvalue weighted by Crippen LogP contribution is 2.40. The highest BCUT2D eigenvalue weighted by molar-refractivity contribution is 5.39. The van der Waals surface area contributed by atoms with Crippen molar-refractivity contribution >= 4 is 0 Å². The summed E-state index contributed by atoms with van der Waals surface area (Å²) in [5.74, 6) is -1.28. The molecule has 0 fully saturated rings. The molecule has 104 valence electrons. The number of rotatable bonds is 1. The Morgan fingerprint density at radius 3 is 2.40 bits per heavy atom. The maximum Gasteiger partial charge on any atom is 0.133 e. The second-order valence-corrected chi connectivity index (χ2v) is 4.80. The summed E-state index contributed by atoms with van der Waals surface area (Å²) in [6.07, 6.45) is -0.303. The first kappa shape index (κ1) is 13.0. The molecule has 1 heterocycles. The molecule has 20 heavy (non-hydrogen) atoms. The molecule has 2 aromatic carbocycles. The van der Waals surface area contributed by atoms with E-state index in [4.69, 9.17) is 10.5 Å². The average molecular weight is 279 g/mol. The minimum atomic E-state index is -0.673. The minimum Gasteiger partial charge on any atom is -0.485 e. The summed E-state index contributed by atoms with van der Waals surface area (Å²) in [6, 6.07) is 6.92. The van der Waals surface area contributed by atoms with Gasteiger partial charge in [0.15, 0.2) is 0 Å². The third kappa shape index (κ3) is 2.25. The molecule has 2 aromatic rings. The second-order valence-electron chi connectivity index (χ2n) is 4.80. The van der Waals surface area contributed by atoms with Crippen LogP contribution in [-0.4, -0.2) is 0 Å². The Kier molecular flexibility index (Phi) is 3.14. The Bertz CT molecular complexity index is 660. The van der Waals surface area contributed by atoms with Gasteiger partial charge in [-0.2, -0.15) is 0 Å². The van der Waals surface area contributed by atoms with Crippen LogP contribution >= 0.6 is 0 Å². The van der Waals surface area contributed by atoms with E-state index < -0.39 is 29.6 Å². The summed E-state index contributed by atoms with van der Waals surface area (Å²) in [5.41, 5.74) is 6.79. The number of halogens is 3. The fourth-order valence-electron chi connectivity index (χ4n) is 2.43. The molecule has 0 saturated heterocycles. The van der Waals surface area contributed by atoms with E-state index in [1.165, 1.54) is 30.3 Å². The average Bonchev–Trinajstić information content (AvgIpc) is 2.39. The van der Waals surface area contributed by atoms with E-state index >= 15 is 0 Å². The minimum absolute atomic E-state index is 0.247. The second kappa shape index (κ2) is 4.83. The summed E-state index contributed by atoms with van der Waals surface area (Å²) in [6.45, 7) is 0. The standard InChI is InChI=1S/C15H12F3NO/c16-8-2-4-14-11(5-8)13(19)7-15(20-14)10-3-1-9(17)6-12(10)18/h1-6,13,15H,7,19H2. The van der Waals surface area contributed by atoms with Gasteiger partial charge in [0.25, 0.3) is 0 Å². The molecular formula is C15H12F3NO. The number of benzene rings is 2. The largest absolute Gasteiger partial charge is 0.485 e. The first-order chi connectivity index (χ1) is 9.54. The predicted octanol–water partition coefficient (Wildman–Crippen LogP) is 3.63. The Morgan fingerprint density at radius 2 is 1.65 bits per heavy atom. The lowest BCUT2D eigenvalue weighted by atomic mass is 9.93. The third-order valence-electron chi connectivity index (χ3n) is 3.42. The fraction of sp³-hybridized carbons (Fsp3) is 0.200. The summed E-state index contributed by atoms with van der Waals surface area (Å²) in [7, 11) is 0. The van der Waals surface area contributed by atoms with Gasteiger partial charge in [-0.1, -0.05) is 0 Å². The van der Waals surface area contributed by atoms with E-state index in [1.54, 1.807) is 0 Å². The van der Waals surface area contributed by atoms with Crippen molar-refractivity contribution in [2.75, 3.05) is 0 Å². The molecule has 0 bridgehead atoms. The molecule has 5 heteroatoms. The van der Waals surface area contributed by atoms with Crippen molar-refractivity contribution < 1.29 is 17.9 Å². The van der Waals surface area contributed by atoms with Crippen LogP contribution < -0.4 is 10.5 Å². The van der Waals surface area contributed by atoms with Crippen molar-refractivity contribution in [2.45, 2.75) is 18.6 Å². The molecule has 0 aliphatic carbocycles. The first-order valence-corrected chi connectivity index (χ1v) is 6.21. The van der Waals surface area contributed by atoms with Gasteiger partial charge in [0.05, 0.1) is 0 Å². The van der Waals surface area contributed by atoms with Crippen molar-refractivity contribution in [2.24, 2.45) is 5.73 Å². The van der Waals surface area contributed by atoms with Crippen LogP contribution in [0, 0.1) is 17.5 Å². The molecule has 1 aliphatic heterocycles. The van der Waals surface area contributed by atoms with Crippen LogP contribution in [-0.2, 0) is 0 Å². The van der Waals surface area contributed by atoms with Crippen LogP contribution in [0.4, 0.5) is 13.2 Å². The maximum atomic E-state index is 13.8. The highest BCUT2D eigenvalue weighted by Gasteiger charge is 2.29. The van der Waals surface area contributed by atoms with Crippen molar-refractivity contribution in [3.05, 3.63) is 65.0 Å². The highest BCUT2D eigenvalue weighted by atomic mass is 19.1. The molecule has 2 atom stereocenters. The van der Waals surface area contributed by atoms with Gasteiger partial charge in [0, 0.05) is 29.7 Å². The number of fused-ring (bicyclic) bond motifs is 1. The van der Waals surface area contributed by atoms with Crippen molar-refractivity contribution in [1.82, 2.24) is 0 Å². The number of hydrogen-bond acceptors (Lipinski definition) is 2. The maximum absolute atomic E-state index is 13.8. The van der Waals surface area contributed by atoms with Crippen LogP contribution in [0.25, 0.3) is 0 Å². The lowest BCUT2D eigenvalue weighted by molar-refractivity contribution is 0.157. The third-order valence-corrected chi connectivity index (χ3v) is 3.42. The Hall–Kier alpha value is -2.01. The van der Waals surface area contributed by atoms with Crippen LogP contribution in [0.15, 0.2) is 36.4 Å². The van der Waals surface area contributed by atoms with Crippen LogP contribution in [0.1, 0.15) is 29.7 Å². The summed E-state index contributed by atoms with van der Waals surface area (Å²) < 4.78 is 45.5. The van der Waals surface area contributed by atoms with Gasteiger partial charge < -0.3 is 10.5 Å². The summed E-state index contributed by atoms with van der Waals surface area (Å²) in [4.78, 5) is 0. The van der Waals surface area contributed by atoms with Crippen molar-refractivity contribution in [3.8, 4) is 5.75 Å². The quantitative estimate of drug-likeness (QED) is 0.865. The normalized spacial score (nSPS) is 21.2.